The monoisotopic (exact) mass is 433 g/mol. The van der Waals surface area contributed by atoms with Gasteiger partial charge in [-0.1, -0.05) is 6.07 Å². The second-order valence-electron chi connectivity index (χ2n) is 7.90. The molecular formula is C26H25F2N3O. The first-order chi connectivity index (χ1) is 15.5. The van der Waals surface area contributed by atoms with E-state index >= 15 is 0 Å². The van der Waals surface area contributed by atoms with Crippen molar-refractivity contribution in [2.24, 2.45) is 0 Å². The maximum absolute atomic E-state index is 14.4. The van der Waals surface area contributed by atoms with Gasteiger partial charge in [-0.15, -0.1) is 0 Å². The highest BCUT2D eigenvalue weighted by Crippen LogP contribution is 2.33. The van der Waals surface area contributed by atoms with Gasteiger partial charge in [0.25, 0.3) is 0 Å². The number of pyridine rings is 3. The molecule has 1 aromatic carbocycles. The highest BCUT2D eigenvalue weighted by atomic mass is 19.1. The molecule has 164 valence electrons. The van der Waals surface area contributed by atoms with Gasteiger partial charge >= 0.3 is 0 Å². The van der Waals surface area contributed by atoms with Crippen LogP contribution in [0.15, 0.2) is 60.8 Å². The number of hydrogen-bond acceptors (Lipinski definition) is 4. The lowest BCUT2D eigenvalue weighted by Gasteiger charge is -2.22. The zero-order valence-electron chi connectivity index (χ0n) is 18.2. The summed E-state index contributed by atoms with van der Waals surface area (Å²) in [5.41, 5.74) is 4.46. The molecule has 0 spiro atoms. The standard InChI is InChI=1S/C20H18F2N2O.C6H7N/c1-12-2-4-16-19(23-12)11-18(13-6-8-25-9-7-13)24-20(16)15-5-3-14(21)10-17(15)22;1-6-4-2-3-5-7-6/h2-5,10-11,13H,6-9H2,1H3;2-5H,1H3. The Kier molecular flexibility index (Phi) is 6.81. The molecule has 1 saturated heterocycles. The van der Waals surface area contributed by atoms with E-state index in [1.807, 2.05) is 50.2 Å². The van der Waals surface area contributed by atoms with Crippen LogP contribution in [0.5, 0.6) is 0 Å². The average Bonchev–Trinajstić information content (AvgIpc) is 2.80. The third-order valence-electron chi connectivity index (χ3n) is 5.48. The Balaban J connectivity index is 0.000000300. The molecule has 1 aliphatic heterocycles. The third kappa shape index (κ3) is 5.14. The molecule has 0 saturated carbocycles. The van der Waals surface area contributed by atoms with Gasteiger partial charge in [0.05, 0.1) is 11.2 Å². The minimum Gasteiger partial charge on any atom is -0.381 e. The van der Waals surface area contributed by atoms with Gasteiger partial charge in [-0.25, -0.2) is 8.78 Å². The summed E-state index contributed by atoms with van der Waals surface area (Å²) in [4.78, 5) is 13.3. The Hall–Kier alpha value is -3.25. The minimum atomic E-state index is -0.612. The van der Waals surface area contributed by atoms with E-state index in [2.05, 4.69) is 9.97 Å². The van der Waals surface area contributed by atoms with Crippen LogP contribution >= 0.6 is 0 Å². The van der Waals surface area contributed by atoms with Crippen molar-refractivity contribution in [3.8, 4) is 11.3 Å². The molecule has 4 nitrogen and oxygen atoms in total. The van der Waals surface area contributed by atoms with E-state index in [4.69, 9.17) is 9.72 Å². The third-order valence-corrected chi connectivity index (χ3v) is 5.48. The van der Waals surface area contributed by atoms with Crippen LogP contribution in [-0.4, -0.2) is 28.2 Å². The minimum absolute atomic E-state index is 0.266. The van der Waals surface area contributed by atoms with Crippen molar-refractivity contribution in [1.82, 2.24) is 15.0 Å². The number of benzene rings is 1. The molecular weight excluding hydrogens is 408 g/mol. The number of nitrogens with zero attached hydrogens (tertiary/aromatic N) is 3. The highest BCUT2D eigenvalue weighted by molar-refractivity contribution is 5.92. The van der Waals surface area contributed by atoms with Gasteiger partial charge in [0, 0.05) is 59.4 Å². The van der Waals surface area contributed by atoms with Crippen molar-refractivity contribution >= 4 is 10.9 Å². The largest absolute Gasteiger partial charge is 0.381 e. The lowest BCUT2D eigenvalue weighted by atomic mass is 9.94. The molecule has 32 heavy (non-hydrogen) atoms. The normalized spacial score (nSPS) is 14.1. The van der Waals surface area contributed by atoms with Gasteiger partial charge in [-0.2, -0.15) is 0 Å². The summed E-state index contributed by atoms with van der Waals surface area (Å²) in [6, 6.07) is 15.2. The molecule has 0 amide bonds. The summed E-state index contributed by atoms with van der Waals surface area (Å²) in [5.74, 6) is -0.943. The molecule has 1 fully saturated rings. The van der Waals surface area contributed by atoms with Gasteiger partial charge in [-0.05, 0) is 69.2 Å². The Labute approximate surface area is 186 Å². The smallest absolute Gasteiger partial charge is 0.135 e. The zero-order valence-corrected chi connectivity index (χ0v) is 18.2. The van der Waals surface area contributed by atoms with Crippen LogP contribution in [0.1, 0.15) is 35.8 Å². The maximum atomic E-state index is 14.4. The molecule has 1 aliphatic rings. The average molecular weight is 434 g/mol. The van der Waals surface area contributed by atoms with Crippen molar-refractivity contribution in [3.05, 3.63) is 89.5 Å². The zero-order chi connectivity index (χ0) is 22.5. The van der Waals surface area contributed by atoms with Gasteiger partial charge in [-0.3, -0.25) is 15.0 Å². The summed E-state index contributed by atoms with van der Waals surface area (Å²) in [6.45, 7) is 5.30. The number of rotatable bonds is 2. The van der Waals surface area contributed by atoms with Crippen molar-refractivity contribution in [2.45, 2.75) is 32.6 Å². The first-order valence-corrected chi connectivity index (χ1v) is 10.7. The Bertz CT molecular complexity index is 1210. The van der Waals surface area contributed by atoms with Crippen LogP contribution in [0, 0.1) is 25.5 Å². The first kappa shape index (κ1) is 22.0. The number of ether oxygens (including phenoxy) is 1. The fraction of sp³-hybridized carbons (Fsp3) is 0.269. The number of fused-ring (bicyclic) bond motifs is 1. The van der Waals surface area contributed by atoms with Gasteiger partial charge in [0.15, 0.2) is 0 Å². The van der Waals surface area contributed by atoms with Crippen LogP contribution in [0.4, 0.5) is 8.78 Å². The number of aromatic nitrogens is 3. The Morgan fingerprint density at radius 1 is 0.875 bits per heavy atom. The van der Waals surface area contributed by atoms with E-state index in [1.165, 1.54) is 12.1 Å². The molecule has 0 N–H and O–H groups in total. The van der Waals surface area contributed by atoms with Gasteiger partial charge in [0.1, 0.15) is 11.6 Å². The summed E-state index contributed by atoms with van der Waals surface area (Å²) in [7, 11) is 0. The fourth-order valence-electron chi connectivity index (χ4n) is 3.79. The molecule has 0 radical (unpaired) electrons. The number of aryl methyl sites for hydroxylation is 2. The van der Waals surface area contributed by atoms with E-state index in [9.17, 15) is 8.78 Å². The molecule has 3 aromatic heterocycles. The van der Waals surface area contributed by atoms with Crippen molar-refractivity contribution in [2.75, 3.05) is 13.2 Å². The molecule has 0 bridgehead atoms. The van der Waals surface area contributed by atoms with Crippen LogP contribution in [0.3, 0.4) is 0 Å². The predicted molar refractivity (Wildman–Crippen MR) is 121 cm³/mol. The maximum Gasteiger partial charge on any atom is 0.135 e. The lowest BCUT2D eigenvalue weighted by molar-refractivity contribution is 0.0845. The lowest BCUT2D eigenvalue weighted by Crippen LogP contribution is -2.15. The van der Waals surface area contributed by atoms with Crippen LogP contribution in [0.25, 0.3) is 22.2 Å². The summed E-state index contributed by atoms with van der Waals surface area (Å²) >= 11 is 0. The molecule has 0 aliphatic carbocycles. The van der Waals surface area contributed by atoms with E-state index in [1.54, 1.807) is 6.20 Å². The van der Waals surface area contributed by atoms with E-state index in [-0.39, 0.29) is 5.92 Å². The summed E-state index contributed by atoms with van der Waals surface area (Å²) in [6.07, 6.45) is 3.56. The van der Waals surface area contributed by atoms with E-state index in [0.717, 1.165) is 46.9 Å². The fourth-order valence-corrected chi connectivity index (χ4v) is 3.79. The van der Waals surface area contributed by atoms with Crippen LogP contribution in [0.2, 0.25) is 0 Å². The van der Waals surface area contributed by atoms with E-state index < -0.39 is 11.6 Å². The molecule has 0 unspecified atom stereocenters. The number of halogens is 2. The van der Waals surface area contributed by atoms with Crippen LogP contribution in [-0.2, 0) is 4.74 Å². The second kappa shape index (κ2) is 9.92. The van der Waals surface area contributed by atoms with E-state index in [0.29, 0.717) is 24.5 Å². The van der Waals surface area contributed by atoms with Crippen molar-refractivity contribution < 1.29 is 13.5 Å². The van der Waals surface area contributed by atoms with Gasteiger partial charge < -0.3 is 4.74 Å². The summed E-state index contributed by atoms with van der Waals surface area (Å²) < 4.78 is 33.1. The predicted octanol–water partition coefficient (Wildman–Crippen LogP) is 6.17. The molecule has 4 aromatic rings. The topological polar surface area (TPSA) is 47.9 Å². The molecule has 6 heteroatoms. The van der Waals surface area contributed by atoms with Gasteiger partial charge in [0.2, 0.25) is 0 Å². The van der Waals surface area contributed by atoms with Crippen molar-refractivity contribution in [3.63, 3.8) is 0 Å². The Morgan fingerprint density at radius 2 is 1.69 bits per heavy atom. The SMILES string of the molecule is Cc1ccc2c(-c3ccc(F)cc3F)nc(C3CCOCC3)cc2n1.Cc1ccccn1. The molecule has 5 rings (SSSR count). The van der Waals surface area contributed by atoms with Crippen molar-refractivity contribution in [1.29, 1.82) is 0 Å². The first-order valence-electron chi connectivity index (χ1n) is 10.7. The van der Waals surface area contributed by atoms with Crippen LogP contribution < -0.4 is 0 Å². The highest BCUT2D eigenvalue weighted by Gasteiger charge is 2.21. The second-order valence-corrected chi connectivity index (χ2v) is 7.90. The Morgan fingerprint density at radius 3 is 2.34 bits per heavy atom. The molecule has 4 heterocycles. The molecule has 0 atom stereocenters. The quantitative estimate of drug-likeness (QED) is 0.379. The summed E-state index contributed by atoms with van der Waals surface area (Å²) in [5, 5.41) is 0.770. The number of hydrogen-bond donors (Lipinski definition) is 0.